The molecule has 106 valence electrons. The molecule has 1 aromatic rings. The number of aromatic nitrogens is 2. The maximum Gasteiger partial charge on any atom is 0.389 e. The fraction of sp³-hybridized carbons (Fsp3) is 0.636. The Labute approximate surface area is 108 Å². The van der Waals surface area contributed by atoms with Crippen molar-refractivity contribution in [3.8, 4) is 0 Å². The van der Waals surface area contributed by atoms with Crippen LogP contribution in [0.5, 0.6) is 0 Å². The van der Waals surface area contributed by atoms with Crippen molar-refractivity contribution in [2.45, 2.75) is 31.5 Å². The van der Waals surface area contributed by atoms with E-state index < -0.39 is 12.6 Å². The van der Waals surface area contributed by atoms with E-state index in [9.17, 15) is 13.2 Å². The fourth-order valence-electron chi connectivity index (χ4n) is 2.06. The quantitative estimate of drug-likeness (QED) is 0.863. The van der Waals surface area contributed by atoms with Crippen LogP contribution in [0.1, 0.15) is 18.5 Å². The summed E-state index contributed by atoms with van der Waals surface area (Å²) in [4.78, 5) is 9.80. The lowest BCUT2D eigenvalue weighted by Crippen LogP contribution is -2.27. The molecule has 2 heterocycles. The molecule has 5 nitrogen and oxygen atoms in total. The van der Waals surface area contributed by atoms with E-state index in [1.165, 1.54) is 0 Å². The molecule has 1 aliphatic rings. The summed E-state index contributed by atoms with van der Waals surface area (Å²) in [6, 6.07) is 1.62. The van der Waals surface area contributed by atoms with Crippen molar-refractivity contribution in [1.82, 2.24) is 9.97 Å². The number of hydrogen-bond donors (Lipinski definition) is 2. The number of rotatable bonds is 3. The number of alkyl halides is 3. The van der Waals surface area contributed by atoms with Gasteiger partial charge in [0.25, 0.3) is 0 Å². The molecule has 1 saturated heterocycles. The smallest absolute Gasteiger partial charge is 0.368 e. The molecule has 0 aromatic carbocycles. The second kappa shape index (κ2) is 5.20. The first kappa shape index (κ1) is 13.9. The molecule has 0 aliphatic carbocycles. The van der Waals surface area contributed by atoms with Crippen LogP contribution in [0.4, 0.5) is 24.9 Å². The van der Waals surface area contributed by atoms with Crippen molar-refractivity contribution in [1.29, 1.82) is 0 Å². The topological polar surface area (TPSA) is 81.1 Å². The molecule has 8 heteroatoms. The molecular weight excluding hydrogens is 259 g/mol. The normalized spacial score (nSPS) is 20.0. The summed E-state index contributed by atoms with van der Waals surface area (Å²) in [5.41, 5.74) is 11.6. The molecule has 0 unspecified atom stereocenters. The fourth-order valence-corrected chi connectivity index (χ4v) is 2.06. The zero-order valence-corrected chi connectivity index (χ0v) is 10.3. The average Bonchev–Trinajstić information content (AvgIpc) is 2.72. The molecule has 0 spiro atoms. The Morgan fingerprint density at radius 3 is 2.68 bits per heavy atom. The highest BCUT2D eigenvalue weighted by Crippen LogP contribution is 2.24. The zero-order valence-electron chi connectivity index (χ0n) is 10.3. The van der Waals surface area contributed by atoms with Crippen molar-refractivity contribution in [3.05, 3.63) is 11.8 Å². The highest BCUT2D eigenvalue weighted by Gasteiger charge is 2.27. The Kier molecular flexibility index (Phi) is 3.79. The Bertz CT molecular complexity index is 448. The van der Waals surface area contributed by atoms with Crippen molar-refractivity contribution in [2.24, 2.45) is 5.73 Å². The largest absolute Gasteiger partial charge is 0.389 e. The second-order valence-corrected chi connectivity index (χ2v) is 4.69. The van der Waals surface area contributed by atoms with Gasteiger partial charge in [-0.25, -0.2) is 4.98 Å². The van der Waals surface area contributed by atoms with Gasteiger partial charge < -0.3 is 16.4 Å². The van der Waals surface area contributed by atoms with Crippen LogP contribution in [-0.2, 0) is 6.42 Å². The summed E-state index contributed by atoms with van der Waals surface area (Å²) in [5, 5.41) is 0. The molecule has 1 atom stereocenters. The molecule has 0 bridgehead atoms. The molecule has 1 aliphatic heterocycles. The third-order valence-electron chi connectivity index (χ3n) is 3.00. The van der Waals surface area contributed by atoms with Crippen LogP contribution in [0, 0.1) is 0 Å². The van der Waals surface area contributed by atoms with Gasteiger partial charge in [-0.05, 0) is 12.8 Å². The third kappa shape index (κ3) is 3.95. The molecule has 2 rings (SSSR count). The van der Waals surface area contributed by atoms with Crippen LogP contribution in [0.2, 0.25) is 0 Å². The predicted octanol–water partition coefficient (Wildman–Crippen LogP) is 1.09. The number of halogens is 3. The molecule has 19 heavy (non-hydrogen) atoms. The third-order valence-corrected chi connectivity index (χ3v) is 3.00. The van der Waals surface area contributed by atoms with E-state index in [0.717, 1.165) is 13.0 Å². The number of aryl methyl sites for hydroxylation is 1. The summed E-state index contributed by atoms with van der Waals surface area (Å²) in [5.74, 6) is 0.549. The molecule has 0 saturated carbocycles. The van der Waals surface area contributed by atoms with E-state index in [2.05, 4.69) is 9.97 Å². The lowest BCUT2D eigenvalue weighted by atomic mass is 10.2. The van der Waals surface area contributed by atoms with Crippen molar-refractivity contribution < 1.29 is 13.2 Å². The van der Waals surface area contributed by atoms with Gasteiger partial charge in [-0.1, -0.05) is 0 Å². The van der Waals surface area contributed by atoms with E-state index >= 15 is 0 Å². The lowest BCUT2D eigenvalue weighted by molar-refractivity contribution is -0.134. The van der Waals surface area contributed by atoms with Crippen LogP contribution in [0.15, 0.2) is 6.07 Å². The molecule has 1 fully saturated rings. The monoisotopic (exact) mass is 275 g/mol. The number of hydrogen-bond acceptors (Lipinski definition) is 5. The van der Waals surface area contributed by atoms with Crippen molar-refractivity contribution >= 4 is 11.8 Å². The standard InChI is InChI=1S/C11H16F3N5/c12-11(13,14)3-1-8-5-9(18-10(16)17-8)19-4-2-7(15)6-19/h5,7H,1-4,6,15H2,(H2,16,17,18)/t7-/m1/s1. The van der Waals surface area contributed by atoms with Crippen LogP contribution >= 0.6 is 0 Å². The van der Waals surface area contributed by atoms with Crippen LogP contribution in [0.3, 0.4) is 0 Å². The zero-order chi connectivity index (χ0) is 14.0. The minimum atomic E-state index is -4.20. The minimum absolute atomic E-state index is 0.00449. The second-order valence-electron chi connectivity index (χ2n) is 4.69. The Hall–Kier alpha value is -1.57. The summed E-state index contributed by atoms with van der Waals surface area (Å²) in [6.07, 6.45) is -4.47. The van der Waals surface area contributed by atoms with Crippen LogP contribution in [-0.4, -0.2) is 35.3 Å². The summed E-state index contributed by atoms with van der Waals surface area (Å²) in [6.45, 7) is 1.37. The van der Waals surface area contributed by atoms with Crippen LogP contribution in [0.25, 0.3) is 0 Å². The van der Waals surface area contributed by atoms with Gasteiger partial charge in [0.05, 0.1) is 0 Å². The Morgan fingerprint density at radius 1 is 1.37 bits per heavy atom. The molecular formula is C11H16F3N5. The van der Waals surface area contributed by atoms with Gasteiger partial charge in [0.1, 0.15) is 5.82 Å². The highest BCUT2D eigenvalue weighted by molar-refractivity contribution is 5.44. The van der Waals surface area contributed by atoms with Gasteiger partial charge >= 0.3 is 6.18 Å². The van der Waals surface area contributed by atoms with E-state index in [-0.39, 0.29) is 18.4 Å². The number of nitrogens with zero attached hydrogens (tertiary/aromatic N) is 3. The Morgan fingerprint density at radius 2 is 2.11 bits per heavy atom. The first-order valence-electron chi connectivity index (χ1n) is 6.04. The van der Waals surface area contributed by atoms with Gasteiger partial charge in [-0.2, -0.15) is 18.2 Å². The Balaban J connectivity index is 2.11. The molecule has 0 radical (unpaired) electrons. The highest BCUT2D eigenvalue weighted by atomic mass is 19.4. The molecule has 0 amide bonds. The maximum atomic E-state index is 12.2. The van der Waals surface area contributed by atoms with E-state index in [4.69, 9.17) is 11.5 Å². The average molecular weight is 275 g/mol. The van der Waals surface area contributed by atoms with Crippen LogP contribution < -0.4 is 16.4 Å². The number of nitrogen functional groups attached to an aromatic ring is 1. The predicted molar refractivity (Wildman–Crippen MR) is 65.6 cm³/mol. The first-order chi connectivity index (χ1) is 8.83. The lowest BCUT2D eigenvalue weighted by Gasteiger charge is -2.18. The van der Waals surface area contributed by atoms with Gasteiger partial charge in [0, 0.05) is 37.3 Å². The summed E-state index contributed by atoms with van der Waals surface area (Å²) in [7, 11) is 0. The van der Waals surface area contributed by atoms with E-state index in [1.807, 2.05) is 4.90 Å². The van der Waals surface area contributed by atoms with E-state index in [0.29, 0.717) is 18.1 Å². The number of anilines is 2. The van der Waals surface area contributed by atoms with E-state index in [1.54, 1.807) is 6.07 Å². The first-order valence-corrected chi connectivity index (χ1v) is 6.04. The van der Waals surface area contributed by atoms with Gasteiger partial charge in [-0.3, -0.25) is 0 Å². The summed E-state index contributed by atoms with van der Waals surface area (Å²) < 4.78 is 36.6. The molecule has 1 aromatic heterocycles. The van der Waals surface area contributed by atoms with Gasteiger partial charge in [0.2, 0.25) is 5.95 Å². The van der Waals surface area contributed by atoms with Crippen molar-refractivity contribution in [3.63, 3.8) is 0 Å². The minimum Gasteiger partial charge on any atom is -0.368 e. The van der Waals surface area contributed by atoms with Gasteiger partial charge in [-0.15, -0.1) is 0 Å². The van der Waals surface area contributed by atoms with Gasteiger partial charge in [0.15, 0.2) is 0 Å². The number of nitrogens with two attached hydrogens (primary N) is 2. The summed E-state index contributed by atoms with van der Waals surface area (Å²) >= 11 is 0. The van der Waals surface area contributed by atoms with Crippen molar-refractivity contribution in [2.75, 3.05) is 23.7 Å². The maximum absolute atomic E-state index is 12.2. The SMILES string of the molecule is Nc1nc(CCC(F)(F)F)cc(N2CC[C@@H](N)C2)n1. The molecule has 4 N–H and O–H groups in total.